The fourth-order valence-corrected chi connectivity index (χ4v) is 3.47. The predicted molar refractivity (Wildman–Crippen MR) is 120 cm³/mol. The zero-order chi connectivity index (χ0) is 22.7. The third-order valence-corrected chi connectivity index (χ3v) is 4.94. The quantitative estimate of drug-likeness (QED) is 0.597. The Balaban J connectivity index is 1.59. The van der Waals surface area contributed by atoms with Crippen molar-refractivity contribution in [2.45, 2.75) is 26.8 Å². The third kappa shape index (κ3) is 4.18. The number of aliphatic imine (C=N–C) groups is 1. The van der Waals surface area contributed by atoms with Gasteiger partial charge in [-0.2, -0.15) is 0 Å². The second-order valence-electron chi connectivity index (χ2n) is 7.11. The maximum atomic E-state index is 12.8. The molecule has 1 aliphatic heterocycles. The Morgan fingerprint density at radius 1 is 1.16 bits per heavy atom. The molecule has 1 aromatic heterocycles. The summed E-state index contributed by atoms with van der Waals surface area (Å²) in [6, 6.07) is 14.2. The summed E-state index contributed by atoms with van der Waals surface area (Å²) in [5, 5.41) is 5.87. The monoisotopic (exact) mass is 434 g/mol. The predicted octanol–water partition coefficient (Wildman–Crippen LogP) is 3.09. The Kier molecular flexibility index (Phi) is 5.89. The van der Waals surface area contributed by atoms with Crippen LogP contribution in [0.25, 0.3) is 11.1 Å². The van der Waals surface area contributed by atoms with E-state index in [1.165, 1.54) is 4.57 Å². The number of aromatic nitrogens is 1. The number of rotatable bonds is 5. The van der Waals surface area contributed by atoms with Crippen LogP contribution in [0.5, 0.6) is 0 Å². The van der Waals surface area contributed by atoms with Crippen molar-refractivity contribution in [2.75, 3.05) is 11.9 Å². The molecule has 0 saturated carbocycles. The van der Waals surface area contributed by atoms with E-state index >= 15 is 0 Å². The fourth-order valence-electron chi connectivity index (χ4n) is 3.47. The highest BCUT2D eigenvalue weighted by atomic mass is 16.5. The number of oxazole rings is 1. The molecule has 4 rings (SSSR count). The Morgan fingerprint density at radius 2 is 1.91 bits per heavy atom. The number of carbonyl (C=O) groups is 2. The van der Waals surface area contributed by atoms with E-state index in [-0.39, 0.29) is 31.0 Å². The minimum absolute atomic E-state index is 0.0211. The summed E-state index contributed by atoms with van der Waals surface area (Å²) >= 11 is 0. The van der Waals surface area contributed by atoms with Gasteiger partial charge in [-0.3, -0.25) is 9.36 Å². The number of anilines is 1. The number of carbonyl (C=O) groups excluding carboxylic acids is 2. The molecule has 32 heavy (non-hydrogen) atoms. The number of amides is 1. The number of allylic oxidation sites excluding steroid dienone is 1. The lowest BCUT2D eigenvalue weighted by Gasteiger charge is -2.13. The first-order valence-corrected chi connectivity index (χ1v) is 10.2. The molecule has 0 spiro atoms. The lowest BCUT2D eigenvalue weighted by atomic mass is 10.2. The number of hydrogen-bond acceptors (Lipinski definition) is 7. The summed E-state index contributed by atoms with van der Waals surface area (Å²) < 4.78 is 11.8. The molecule has 1 aliphatic rings. The highest BCUT2D eigenvalue weighted by Gasteiger charge is 2.26. The van der Waals surface area contributed by atoms with Gasteiger partial charge in [-0.15, -0.1) is 0 Å². The molecule has 0 bridgehead atoms. The van der Waals surface area contributed by atoms with Crippen LogP contribution in [0.4, 0.5) is 11.4 Å². The second-order valence-corrected chi connectivity index (χ2v) is 7.11. The van der Waals surface area contributed by atoms with Crippen molar-refractivity contribution < 1.29 is 18.7 Å². The zero-order valence-corrected chi connectivity index (χ0v) is 17.7. The van der Waals surface area contributed by atoms with Crippen LogP contribution in [0.1, 0.15) is 20.3 Å². The van der Waals surface area contributed by atoms with Crippen molar-refractivity contribution >= 4 is 40.2 Å². The van der Waals surface area contributed by atoms with E-state index in [4.69, 9.17) is 9.15 Å². The first-order valence-electron chi connectivity index (χ1n) is 10.2. The molecule has 9 nitrogen and oxygen atoms in total. The Labute approximate surface area is 183 Å². The summed E-state index contributed by atoms with van der Waals surface area (Å²) in [4.78, 5) is 42.1. The molecule has 2 aromatic carbocycles. The van der Waals surface area contributed by atoms with Crippen molar-refractivity contribution in [1.82, 2.24) is 9.88 Å². The standard InChI is InChI=1S/C23H22N4O5/c1-3-31-22(29)20-14(2)24-15-8-4-5-9-16(15)25-21(20)26-19(28)12-13-27-17-10-6-7-11-18(17)32-23(27)30/h4-11,24H,3,12-13H2,1-2H3,(H,25,26,28). The molecule has 3 aromatic rings. The lowest BCUT2D eigenvalue weighted by molar-refractivity contribution is -0.137. The topological polar surface area (TPSA) is 115 Å². The second kappa shape index (κ2) is 8.93. The van der Waals surface area contributed by atoms with Crippen LogP contribution in [-0.4, -0.2) is 28.9 Å². The molecule has 1 amide bonds. The summed E-state index contributed by atoms with van der Waals surface area (Å²) in [6.07, 6.45) is -0.0211. The zero-order valence-electron chi connectivity index (χ0n) is 17.7. The number of aryl methyl sites for hydroxylation is 1. The van der Waals surface area contributed by atoms with Gasteiger partial charge in [0.25, 0.3) is 0 Å². The van der Waals surface area contributed by atoms with E-state index < -0.39 is 17.6 Å². The number of ether oxygens (including phenoxy) is 1. The molecule has 0 saturated heterocycles. The lowest BCUT2D eigenvalue weighted by Crippen LogP contribution is -2.36. The molecule has 9 heteroatoms. The van der Waals surface area contributed by atoms with Crippen molar-refractivity contribution in [1.29, 1.82) is 0 Å². The minimum Gasteiger partial charge on any atom is -0.462 e. The summed E-state index contributed by atoms with van der Waals surface area (Å²) in [5.41, 5.74) is 2.98. The number of benzene rings is 2. The molecule has 0 unspecified atom stereocenters. The van der Waals surface area contributed by atoms with Crippen LogP contribution in [0.2, 0.25) is 0 Å². The molecule has 2 heterocycles. The molecule has 0 fully saturated rings. The number of nitrogens with one attached hydrogen (secondary N) is 2. The summed E-state index contributed by atoms with van der Waals surface area (Å²) in [7, 11) is 0. The number of para-hydroxylation sites is 4. The number of hydrogen-bond donors (Lipinski definition) is 2. The van der Waals surface area contributed by atoms with Gasteiger partial charge >= 0.3 is 11.7 Å². The SMILES string of the molecule is CCOC(=O)C1=C(C)Nc2ccccc2N=C1NC(=O)CCn1c(=O)oc2ccccc21. The Bertz CT molecular complexity index is 1320. The maximum Gasteiger partial charge on any atom is 0.419 e. The van der Waals surface area contributed by atoms with E-state index in [0.29, 0.717) is 28.2 Å². The number of amidine groups is 1. The Morgan fingerprint density at radius 3 is 2.72 bits per heavy atom. The van der Waals surface area contributed by atoms with Gasteiger partial charge in [0, 0.05) is 18.7 Å². The van der Waals surface area contributed by atoms with Gasteiger partial charge < -0.3 is 19.8 Å². The van der Waals surface area contributed by atoms with Crippen molar-refractivity contribution in [3.63, 3.8) is 0 Å². The average molecular weight is 434 g/mol. The average Bonchev–Trinajstić information content (AvgIpc) is 3.00. The number of nitrogens with zero attached hydrogens (tertiary/aromatic N) is 2. The first kappa shape index (κ1) is 21.1. The van der Waals surface area contributed by atoms with Crippen molar-refractivity contribution in [3.05, 3.63) is 70.4 Å². The van der Waals surface area contributed by atoms with Crippen LogP contribution in [0.15, 0.2) is 74.0 Å². The van der Waals surface area contributed by atoms with E-state index in [0.717, 1.165) is 0 Å². The van der Waals surface area contributed by atoms with Crippen LogP contribution in [0, 0.1) is 0 Å². The molecule has 0 radical (unpaired) electrons. The molecule has 164 valence electrons. The highest BCUT2D eigenvalue weighted by molar-refractivity contribution is 6.24. The number of fused-ring (bicyclic) bond motifs is 2. The smallest absolute Gasteiger partial charge is 0.419 e. The minimum atomic E-state index is -0.596. The Hall–Kier alpha value is -4.14. The van der Waals surface area contributed by atoms with Gasteiger partial charge in [0.15, 0.2) is 5.58 Å². The molecule has 0 aliphatic carbocycles. The molecular formula is C23H22N4O5. The van der Waals surface area contributed by atoms with E-state index in [9.17, 15) is 14.4 Å². The van der Waals surface area contributed by atoms with Gasteiger partial charge in [0.1, 0.15) is 11.4 Å². The summed E-state index contributed by atoms with van der Waals surface area (Å²) in [6.45, 7) is 3.71. The van der Waals surface area contributed by atoms with Crippen LogP contribution < -0.4 is 16.4 Å². The van der Waals surface area contributed by atoms with E-state index in [1.807, 2.05) is 18.2 Å². The number of esters is 1. The van der Waals surface area contributed by atoms with Gasteiger partial charge in [-0.25, -0.2) is 14.6 Å². The maximum absolute atomic E-state index is 12.8. The normalized spacial score (nSPS) is 13.1. The molecular weight excluding hydrogens is 412 g/mol. The van der Waals surface area contributed by atoms with Crippen LogP contribution >= 0.6 is 0 Å². The van der Waals surface area contributed by atoms with Gasteiger partial charge in [-0.05, 0) is 38.1 Å². The van der Waals surface area contributed by atoms with Crippen LogP contribution in [-0.2, 0) is 20.9 Å². The van der Waals surface area contributed by atoms with Gasteiger partial charge in [0.2, 0.25) is 5.91 Å². The summed E-state index contributed by atoms with van der Waals surface area (Å²) in [5.74, 6) is -1.45. The van der Waals surface area contributed by atoms with Crippen molar-refractivity contribution in [2.24, 2.45) is 4.99 Å². The van der Waals surface area contributed by atoms with Gasteiger partial charge in [-0.1, -0.05) is 24.3 Å². The first-order chi connectivity index (χ1) is 15.5. The fraction of sp³-hybridized carbons (Fsp3) is 0.217. The van der Waals surface area contributed by atoms with Crippen LogP contribution in [0.3, 0.4) is 0 Å². The highest BCUT2D eigenvalue weighted by Crippen LogP contribution is 2.30. The third-order valence-electron chi connectivity index (χ3n) is 4.94. The van der Waals surface area contributed by atoms with E-state index in [2.05, 4.69) is 15.6 Å². The van der Waals surface area contributed by atoms with E-state index in [1.54, 1.807) is 44.2 Å². The van der Waals surface area contributed by atoms with Gasteiger partial charge in [0.05, 0.1) is 23.5 Å². The van der Waals surface area contributed by atoms with Crippen molar-refractivity contribution in [3.8, 4) is 0 Å². The molecule has 0 atom stereocenters. The molecule has 2 N–H and O–H groups in total. The largest absolute Gasteiger partial charge is 0.462 e.